The van der Waals surface area contributed by atoms with Crippen LogP contribution in [0, 0.1) is 22.0 Å². The van der Waals surface area contributed by atoms with Crippen LogP contribution in [0.4, 0.5) is 10.5 Å². The Morgan fingerprint density at radius 1 is 1.39 bits per heavy atom. The van der Waals surface area contributed by atoms with E-state index in [1.54, 1.807) is 20.8 Å². The molecule has 0 radical (unpaired) electrons. The molecule has 122 valence electrons. The van der Waals surface area contributed by atoms with E-state index in [1.807, 2.05) is 0 Å². The van der Waals surface area contributed by atoms with Crippen molar-refractivity contribution in [2.45, 2.75) is 26.4 Å². The highest BCUT2D eigenvalue weighted by Gasteiger charge is 2.15. The van der Waals surface area contributed by atoms with Gasteiger partial charge in [-0.25, -0.2) is 9.59 Å². The molecule has 8 nitrogen and oxygen atoms in total. The summed E-state index contributed by atoms with van der Waals surface area (Å²) in [4.78, 5) is 32.6. The lowest BCUT2D eigenvalue weighted by Crippen LogP contribution is -2.32. The summed E-state index contributed by atoms with van der Waals surface area (Å²) in [7, 11) is 0. The molecule has 0 spiro atoms. The van der Waals surface area contributed by atoms with Crippen LogP contribution in [-0.4, -0.2) is 34.2 Å². The summed E-state index contributed by atoms with van der Waals surface area (Å²) in [6.07, 6.45) is -0.663. The molecule has 8 heteroatoms. The smallest absolute Gasteiger partial charge is 0.408 e. The number of carbonyl (C=O) groups excluding carboxylic acids is 1. The first-order chi connectivity index (χ1) is 10.6. The van der Waals surface area contributed by atoms with Gasteiger partial charge in [0, 0.05) is 17.7 Å². The van der Waals surface area contributed by atoms with Crippen LogP contribution >= 0.6 is 0 Å². The first kappa shape index (κ1) is 18.0. The van der Waals surface area contributed by atoms with Gasteiger partial charge in [-0.05, 0) is 26.8 Å². The molecule has 0 heterocycles. The molecule has 0 aliphatic rings. The molecule has 0 saturated heterocycles. The maximum absolute atomic E-state index is 11.4. The van der Waals surface area contributed by atoms with Crippen LogP contribution in [0.15, 0.2) is 18.2 Å². The number of hydrogen-bond donors (Lipinski definition) is 2. The number of amides is 1. The maximum Gasteiger partial charge on any atom is 0.408 e. The Balaban J connectivity index is 2.84. The molecule has 1 rings (SSSR count). The van der Waals surface area contributed by atoms with Crippen molar-refractivity contribution in [3.05, 3.63) is 39.4 Å². The molecule has 0 bridgehead atoms. The normalized spacial score (nSPS) is 10.2. The molecule has 0 aromatic heterocycles. The number of rotatable bonds is 3. The van der Waals surface area contributed by atoms with E-state index >= 15 is 0 Å². The van der Waals surface area contributed by atoms with Gasteiger partial charge in [0.15, 0.2) is 0 Å². The highest BCUT2D eigenvalue weighted by molar-refractivity contribution is 5.91. The second-order valence-corrected chi connectivity index (χ2v) is 5.45. The standard InChI is InChI=1S/C15H16N2O6/c1-15(2,3)23-14(20)16-8-4-5-10-9-11(17(21)22)6-7-12(10)13(18)19/h6-7,9H,8H2,1-3H3,(H,16,20)(H,18,19). The minimum atomic E-state index is -1.25. The highest BCUT2D eigenvalue weighted by Crippen LogP contribution is 2.17. The predicted octanol–water partition coefficient (Wildman–Crippen LogP) is 2.17. The third-order valence-corrected chi connectivity index (χ3v) is 2.39. The number of carbonyl (C=O) groups is 2. The van der Waals surface area contributed by atoms with Gasteiger partial charge in [-0.15, -0.1) is 0 Å². The van der Waals surface area contributed by atoms with Gasteiger partial charge in [0.1, 0.15) is 5.60 Å². The second-order valence-electron chi connectivity index (χ2n) is 5.45. The maximum atomic E-state index is 11.4. The van der Waals surface area contributed by atoms with Crippen LogP contribution in [0.5, 0.6) is 0 Å². The van der Waals surface area contributed by atoms with Crippen molar-refractivity contribution in [1.29, 1.82) is 0 Å². The Morgan fingerprint density at radius 2 is 2.04 bits per heavy atom. The number of non-ortho nitro benzene ring substituents is 1. The number of hydrogen-bond acceptors (Lipinski definition) is 5. The summed E-state index contributed by atoms with van der Waals surface area (Å²) < 4.78 is 5.00. The summed E-state index contributed by atoms with van der Waals surface area (Å²) in [6.45, 7) is 5.04. The highest BCUT2D eigenvalue weighted by atomic mass is 16.6. The Labute approximate surface area is 132 Å². The van der Waals surface area contributed by atoms with Gasteiger partial charge in [-0.2, -0.15) is 0 Å². The van der Waals surface area contributed by atoms with Crippen molar-refractivity contribution in [1.82, 2.24) is 5.32 Å². The number of benzene rings is 1. The summed E-state index contributed by atoms with van der Waals surface area (Å²) in [5, 5.41) is 22.1. The molecule has 23 heavy (non-hydrogen) atoms. The van der Waals surface area contributed by atoms with Crippen LogP contribution in [-0.2, 0) is 4.74 Å². The summed E-state index contributed by atoms with van der Waals surface area (Å²) in [6, 6.07) is 3.28. The van der Waals surface area contributed by atoms with Gasteiger partial charge in [0.05, 0.1) is 17.0 Å². The van der Waals surface area contributed by atoms with Gasteiger partial charge < -0.3 is 15.2 Å². The minimum Gasteiger partial charge on any atom is -0.478 e. The number of nitro groups is 1. The van der Waals surface area contributed by atoms with Crippen LogP contribution in [0.25, 0.3) is 0 Å². The summed E-state index contributed by atoms with van der Waals surface area (Å²) in [5.41, 5.74) is -1.06. The largest absolute Gasteiger partial charge is 0.478 e. The van der Waals surface area contributed by atoms with Crippen molar-refractivity contribution >= 4 is 17.7 Å². The van der Waals surface area contributed by atoms with Crippen LogP contribution in [0.3, 0.4) is 0 Å². The quantitative estimate of drug-likeness (QED) is 0.500. The van der Waals surface area contributed by atoms with Crippen LogP contribution in [0.1, 0.15) is 36.7 Å². The van der Waals surface area contributed by atoms with Gasteiger partial charge in [-0.3, -0.25) is 10.1 Å². The first-order valence-corrected chi connectivity index (χ1v) is 6.57. The molecule has 0 fully saturated rings. The van der Waals surface area contributed by atoms with Gasteiger partial charge >= 0.3 is 12.1 Å². The number of carboxylic acids is 1. The Hall–Kier alpha value is -3.08. The van der Waals surface area contributed by atoms with E-state index in [0.29, 0.717) is 0 Å². The number of ether oxygens (including phenoxy) is 1. The molecule has 0 aliphatic carbocycles. The summed E-state index contributed by atoms with van der Waals surface area (Å²) in [5.74, 6) is 3.79. The van der Waals surface area contributed by atoms with E-state index in [2.05, 4.69) is 17.2 Å². The van der Waals surface area contributed by atoms with Gasteiger partial charge in [0.2, 0.25) is 0 Å². The van der Waals surface area contributed by atoms with E-state index in [-0.39, 0.29) is 23.4 Å². The second kappa shape index (κ2) is 7.26. The van der Waals surface area contributed by atoms with Crippen LogP contribution in [0.2, 0.25) is 0 Å². The average Bonchev–Trinajstić information content (AvgIpc) is 2.41. The molecule has 1 aromatic rings. The average molecular weight is 320 g/mol. The number of nitrogens with one attached hydrogen (secondary N) is 1. The zero-order chi connectivity index (χ0) is 17.6. The molecule has 2 N–H and O–H groups in total. The Bertz CT molecular complexity index is 694. The SMILES string of the molecule is CC(C)(C)OC(=O)NCC#Cc1cc([N+](=O)[O-])ccc1C(=O)O. The number of aromatic carboxylic acids is 1. The van der Waals surface area contributed by atoms with Gasteiger partial charge in [-0.1, -0.05) is 11.8 Å². The van der Waals surface area contributed by atoms with E-state index < -0.39 is 22.6 Å². The molecule has 1 aromatic carbocycles. The van der Waals surface area contributed by atoms with Crippen molar-refractivity contribution in [2.24, 2.45) is 0 Å². The first-order valence-electron chi connectivity index (χ1n) is 6.57. The molecule has 0 atom stereocenters. The summed E-state index contributed by atoms with van der Waals surface area (Å²) >= 11 is 0. The van der Waals surface area contributed by atoms with E-state index in [4.69, 9.17) is 9.84 Å². The molecule has 0 aliphatic heterocycles. The van der Waals surface area contributed by atoms with Crippen molar-refractivity contribution in [2.75, 3.05) is 6.54 Å². The lowest BCUT2D eigenvalue weighted by atomic mass is 10.1. The van der Waals surface area contributed by atoms with Crippen LogP contribution < -0.4 is 5.32 Å². The fourth-order valence-electron chi connectivity index (χ4n) is 1.51. The number of nitrogens with zero attached hydrogens (tertiary/aromatic N) is 1. The molecule has 1 amide bonds. The third-order valence-electron chi connectivity index (χ3n) is 2.39. The molecular formula is C15H16N2O6. The predicted molar refractivity (Wildman–Crippen MR) is 81.2 cm³/mol. The van der Waals surface area contributed by atoms with Crippen molar-refractivity contribution in [3.63, 3.8) is 0 Å². The fourth-order valence-corrected chi connectivity index (χ4v) is 1.51. The van der Waals surface area contributed by atoms with Crippen molar-refractivity contribution < 1.29 is 24.4 Å². The lowest BCUT2D eigenvalue weighted by Gasteiger charge is -2.19. The topological polar surface area (TPSA) is 119 Å². The number of carboxylic acid groups (broad SMARTS) is 1. The Morgan fingerprint density at radius 3 is 2.57 bits per heavy atom. The third kappa shape index (κ3) is 6.05. The Kier molecular flexibility index (Phi) is 5.68. The fraction of sp³-hybridized carbons (Fsp3) is 0.333. The van der Waals surface area contributed by atoms with E-state index in [1.165, 1.54) is 0 Å². The number of nitro benzene ring substituents is 1. The molecule has 0 unspecified atom stereocenters. The molecule has 0 saturated carbocycles. The number of alkyl carbamates (subject to hydrolysis) is 1. The molecular weight excluding hydrogens is 304 g/mol. The van der Waals surface area contributed by atoms with E-state index in [0.717, 1.165) is 18.2 Å². The zero-order valence-corrected chi connectivity index (χ0v) is 12.9. The zero-order valence-electron chi connectivity index (χ0n) is 12.9. The van der Waals surface area contributed by atoms with Crippen molar-refractivity contribution in [3.8, 4) is 11.8 Å². The van der Waals surface area contributed by atoms with Gasteiger partial charge in [0.25, 0.3) is 5.69 Å². The van der Waals surface area contributed by atoms with E-state index in [9.17, 15) is 19.7 Å². The monoisotopic (exact) mass is 320 g/mol. The minimum absolute atomic E-state index is 0.00214. The lowest BCUT2D eigenvalue weighted by molar-refractivity contribution is -0.384.